The number of hydrogen-bond acceptors (Lipinski definition) is 7. The minimum atomic E-state index is -3.92. The van der Waals surface area contributed by atoms with E-state index in [4.69, 9.17) is 5.73 Å². The minimum absolute atomic E-state index is 0.216. The molecule has 2 aromatic heterocycles. The quantitative estimate of drug-likeness (QED) is 0.686. The largest absolute Gasteiger partial charge is 0.389 e. The van der Waals surface area contributed by atoms with Crippen LogP contribution in [0.25, 0.3) is 11.3 Å². The summed E-state index contributed by atoms with van der Waals surface area (Å²) in [4.78, 5) is 19.6. The van der Waals surface area contributed by atoms with Gasteiger partial charge in [-0.05, 0) is 6.92 Å². The third-order valence-electron chi connectivity index (χ3n) is 3.75. The molecule has 0 radical (unpaired) electrons. The molecule has 0 saturated carbocycles. The van der Waals surface area contributed by atoms with Crippen LogP contribution in [0.15, 0.2) is 31.0 Å². The first-order chi connectivity index (χ1) is 10.7. The number of amides is 1. The molecule has 3 N–H and O–H groups in total. The fourth-order valence-corrected chi connectivity index (χ4v) is 2.92. The van der Waals surface area contributed by atoms with Gasteiger partial charge in [-0.2, -0.15) is 5.10 Å². The van der Waals surface area contributed by atoms with E-state index < -0.39 is 26.6 Å². The van der Waals surface area contributed by atoms with Crippen molar-refractivity contribution in [2.45, 2.75) is 24.3 Å². The molecule has 1 amide bonds. The topological polar surface area (TPSA) is 141 Å². The molecule has 2 heterocycles. The maximum absolute atomic E-state index is 11.8. The van der Waals surface area contributed by atoms with E-state index in [1.54, 1.807) is 12.4 Å². The summed E-state index contributed by atoms with van der Waals surface area (Å²) in [7, 11) is -3.92. The monoisotopic (exact) mass is 339 g/mol. The smallest absolute Gasteiger partial charge is 0.241 e. The van der Waals surface area contributed by atoms with Crippen LogP contribution in [0.5, 0.6) is 0 Å². The molecule has 124 valence electrons. The standard InChI is InChI=1S/C13H17N5O4S/c1-13(12(14)20,23(2,21)22)11(19)8-18-7-9(5-17-18)10-6-15-3-4-16-10/h3-7,11,19H,8H2,1-2H3,(H2,14,20). The Labute approximate surface area is 133 Å². The third-order valence-corrected chi connectivity index (χ3v) is 5.76. The number of aromatic nitrogens is 4. The molecule has 0 saturated heterocycles. The van der Waals surface area contributed by atoms with Gasteiger partial charge in [-0.1, -0.05) is 0 Å². The van der Waals surface area contributed by atoms with E-state index in [-0.39, 0.29) is 6.54 Å². The molecule has 2 atom stereocenters. The first-order valence-corrected chi connectivity index (χ1v) is 8.52. The molecule has 0 bridgehead atoms. The molecule has 2 aromatic rings. The lowest BCUT2D eigenvalue weighted by molar-refractivity contribution is -0.123. The van der Waals surface area contributed by atoms with Crippen molar-refractivity contribution in [2.75, 3.05) is 6.26 Å². The Hall–Kier alpha value is -2.33. The summed E-state index contributed by atoms with van der Waals surface area (Å²) in [5, 5.41) is 14.3. The van der Waals surface area contributed by atoms with E-state index in [2.05, 4.69) is 15.1 Å². The van der Waals surface area contributed by atoms with Crippen molar-refractivity contribution in [3.05, 3.63) is 31.0 Å². The average Bonchev–Trinajstić information content (AvgIpc) is 2.94. The first kappa shape index (κ1) is 17.0. The highest BCUT2D eigenvalue weighted by Gasteiger charge is 2.48. The summed E-state index contributed by atoms with van der Waals surface area (Å²) in [6, 6.07) is 0. The molecule has 2 rings (SSSR count). The van der Waals surface area contributed by atoms with Crippen LogP contribution in [-0.2, 0) is 21.2 Å². The van der Waals surface area contributed by atoms with Gasteiger partial charge in [-0.3, -0.25) is 19.4 Å². The van der Waals surface area contributed by atoms with Gasteiger partial charge in [-0.15, -0.1) is 0 Å². The number of nitrogens with two attached hydrogens (primary N) is 1. The number of sulfone groups is 1. The second-order valence-corrected chi connectivity index (χ2v) is 7.69. The Morgan fingerprint density at radius 1 is 1.43 bits per heavy atom. The zero-order valence-corrected chi connectivity index (χ0v) is 13.4. The van der Waals surface area contributed by atoms with Gasteiger partial charge in [0.15, 0.2) is 14.6 Å². The highest BCUT2D eigenvalue weighted by molar-refractivity contribution is 7.92. The van der Waals surface area contributed by atoms with Crippen molar-refractivity contribution in [1.29, 1.82) is 0 Å². The normalized spacial score (nSPS) is 15.8. The summed E-state index contributed by atoms with van der Waals surface area (Å²) in [6.45, 7) is 0.884. The Balaban J connectivity index is 2.26. The Morgan fingerprint density at radius 2 is 2.13 bits per heavy atom. The number of hydrogen-bond donors (Lipinski definition) is 2. The van der Waals surface area contributed by atoms with Crippen molar-refractivity contribution in [1.82, 2.24) is 19.7 Å². The van der Waals surface area contributed by atoms with Crippen molar-refractivity contribution < 1.29 is 18.3 Å². The number of carbonyl (C=O) groups excluding carboxylic acids is 1. The van der Waals surface area contributed by atoms with Crippen LogP contribution >= 0.6 is 0 Å². The lowest BCUT2D eigenvalue weighted by Gasteiger charge is -2.29. The maximum atomic E-state index is 11.8. The number of carbonyl (C=O) groups is 1. The van der Waals surface area contributed by atoms with Gasteiger partial charge in [0.25, 0.3) is 0 Å². The Morgan fingerprint density at radius 3 is 2.65 bits per heavy atom. The van der Waals surface area contributed by atoms with Crippen LogP contribution in [0, 0.1) is 0 Å². The lowest BCUT2D eigenvalue weighted by atomic mass is 10.0. The second-order valence-electron chi connectivity index (χ2n) is 5.30. The van der Waals surface area contributed by atoms with E-state index in [1.807, 2.05) is 0 Å². The minimum Gasteiger partial charge on any atom is -0.389 e. The SMILES string of the molecule is CC(C(N)=O)(C(O)Cn1cc(-c2cnccn2)cn1)S(C)(=O)=O. The summed E-state index contributed by atoms with van der Waals surface area (Å²) in [6.07, 6.45) is 6.97. The van der Waals surface area contributed by atoms with Crippen molar-refractivity contribution in [3.8, 4) is 11.3 Å². The predicted octanol–water partition coefficient (Wildman–Crippen LogP) is -1.01. The van der Waals surface area contributed by atoms with Gasteiger partial charge in [0.1, 0.15) is 6.10 Å². The van der Waals surface area contributed by atoms with Crippen molar-refractivity contribution in [2.24, 2.45) is 5.73 Å². The van der Waals surface area contributed by atoms with Gasteiger partial charge in [0.2, 0.25) is 5.91 Å². The van der Waals surface area contributed by atoms with E-state index in [0.29, 0.717) is 11.3 Å². The summed E-state index contributed by atoms with van der Waals surface area (Å²) in [5.74, 6) is -1.12. The zero-order chi connectivity index (χ0) is 17.3. The molecule has 2 unspecified atom stereocenters. The van der Waals surface area contributed by atoms with E-state index >= 15 is 0 Å². The maximum Gasteiger partial charge on any atom is 0.241 e. The van der Waals surface area contributed by atoms with Gasteiger partial charge in [-0.25, -0.2) is 8.42 Å². The molecule has 23 heavy (non-hydrogen) atoms. The predicted molar refractivity (Wildman–Crippen MR) is 81.7 cm³/mol. The molecule has 0 aromatic carbocycles. The number of nitrogens with zero attached hydrogens (tertiary/aromatic N) is 4. The van der Waals surface area contributed by atoms with E-state index in [1.165, 1.54) is 23.3 Å². The molecular formula is C13H17N5O4S. The van der Waals surface area contributed by atoms with Crippen LogP contribution in [0.3, 0.4) is 0 Å². The molecule has 0 aliphatic rings. The second kappa shape index (κ2) is 6.05. The summed E-state index contributed by atoms with van der Waals surface area (Å²) >= 11 is 0. The fraction of sp³-hybridized carbons (Fsp3) is 0.385. The number of aliphatic hydroxyl groups excluding tert-OH is 1. The molecule has 0 aliphatic heterocycles. The van der Waals surface area contributed by atoms with E-state index in [9.17, 15) is 18.3 Å². The summed E-state index contributed by atoms with van der Waals surface area (Å²) in [5.41, 5.74) is 6.40. The van der Waals surface area contributed by atoms with Crippen LogP contribution in [0.2, 0.25) is 0 Å². The molecule has 0 fully saturated rings. The fourth-order valence-electron chi connectivity index (χ4n) is 1.99. The lowest BCUT2D eigenvalue weighted by Crippen LogP contribution is -2.57. The molecule has 10 heteroatoms. The van der Waals surface area contributed by atoms with Crippen LogP contribution in [0.4, 0.5) is 0 Å². The van der Waals surface area contributed by atoms with Crippen LogP contribution in [-0.4, -0.2) is 56.3 Å². The van der Waals surface area contributed by atoms with Crippen molar-refractivity contribution >= 4 is 15.7 Å². The van der Waals surface area contributed by atoms with Gasteiger partial charge in [0, 0.05) is 30.4 Å². The van der Waals surface area contributed by atoms with Gasteiger partial charge < -0.3 is 10.8 Å². The third kappa shape index (κ3) is 3.22. The molecule has 9 nitrogen and oxygen atoms in total. The number of rotatable bonds is 6. The van der Waals surface area contributed by atoms with Crippen LogP contribution in [0.1, 0.15) is 6.92 Å². The molecular weight excluding hydrogens is 322 g/mol. The summed E-state index contributed by atoms with van der Waals surface area (Å²) < 4.78 is 22.9. The van der Waals surface area contributed by atoms with E-state index in [0.717, 1.165) is 13.2 Å². The van der Waals surface area contributed by atoms with Crippen LogP contribution < -0.4 is 5.73 Å². The van der Waals surface area contributed by atoms with Gasteiger partial charge >= 0.3 is 0 Å². The first-order valence-electron chi connectivity index (χ1n) is 6.62. The zero-order valence-electron chi connectivity index (χ0n) is 12.6. The average molecular weight is 339 g/mol. The highest BCUT2D eigenvalue weighted by atomic mass is 32.2. The molecule has 0 spiro atoms. The highest BCUT2D eigenvalue weighted by Crippen LogP contribution is 2.23. The van der Waals surface area contributed by atoms with Gasteiger partial charge in [0.05, 0.1) is 24.6 Å². The number of primary amides is 1. The van der Waals surface area contributed by atoms with Crippen molar-refractivity contribution in [3.63, 3.8) is 0 Å². The Kier molecular flexibility index (Phi) is 4.48. The Bertz CT molecular complexity index is 805. The number of aliphatic hydroxyl groups is 1. The molecule has 0 aliphatic carbocycles.